The Morgan fingerprint density at radius 2 is 2.31 bits per heavy atom. The molecule has 0 aliphatic carbocycles. The molecule has 4 nitrogen and oxygen atoms in total. The van der Waals surface area contributed by atoms with Crippen LogP contribution < -0.4 is 0 Å². The molecule has 0 amide bonds. The van der Waals surface area contributed by atoms with Gasteiger partial charge in [0.15, 0.2) is 0 Å². The summed E-state index contributed by atoms with van der Waals surface area (Å²) in [5, 5.41) is 9.36. The summed E-state index contributed by atoms with van der Waals surface area (Å²) in [5.41, 5.74) is 0.240. The van der Waals surface area contributed by atoms with Crippen LogP contribution in [0.15, 0.2) is 24.3 Å². The van der Waals surface area contributed by atoms with Gasteiger partial charge in [0.1, 0.15) is 0 Å². The third-order valence-electron chi connectivity index (χ3n) is 2.75. The first-order chi connectivity index (χ1) is 7.70. The largest absolute Gasteiger partial charge is 0.479 e. The Balaban J connectivity index is 2.52. The van der Waals surface area contributed by atoms with Gasteiger partial charge in [-0.05, 0) is 12.5 Å². The number of carboxylic acid groups (broad SMARTS) is 1. The minimum atomic E-state index is -1.34. The maximum Gasteiger partial charge on any atom is 0.343 e. The van der Waals surface area contributed by atoms with E-state index in [1.165, 1.54) is 0 Å². The Hall–Kier alpha value is -1.39. The average Bonchev–Trinajstić information content (AvgIpc) is 2.29. The highest BCUT2D eigenvalue weighted by atomic mass is 16.6. The molecule has 0 saturated carbocycles. The summed E-state index contributed by atoms with van der Waals surface area (Å²) in [6.45, 7) is 2.62. The van der Waals surface area contributed by atoms with E-state index in [-0.39, 0.29) is 6.61 Å². The molecule has 16 heavy (non-hydrogen) atoms. The molecule has 2 rings (SSSR count). The molecule has 0 radical (unpaired) electrons. The summed E-state index contributed by atoms with van der Waals surface area (Å²) in [6.07, 6.45) is 0. The van der Waals surface area contributed by atoms with E-state index >= 15 is 0 Å². The Kier molecular flexibility index (Phi) is 2.94. The molecular weight excluding hydrogens is 208 g/mol. The lowest BCUT2D eigenvalue weighted by Gasteiger charge is -2.34. The van der Waals surface area contributed by atoms with Crippen molar-refractivity contribution in [2.45, 2.75) is 19.1 Å². The minimum absolute atomic E-state index is 0.0627. The van der Waals surface area contributed by atoms with Crippen LogP contribution in [0.2, 0.25) is 0 Å². The van der Waals surface area contributed by atoms with Crippen molar-refractivity contribution < 1.29 is 19.4 Å². The molecule has 0 bridgehead atoms. The Morgan fingerprint density at radius 1 is 1.56 bits per heavy atom. The standard InChI is InChI=1S/C12H14O4/c1-2-16-12(11(13)14)8-15-7-9-5-3-4-6-10(9)12/h3-6H,2,7-8H2,1H3,(H,13,14). The number of rotatable bonds is 3. The first kappa shape index (κ1) is 11.1. The highest BCUT2D eigenvalue weighted by Crippen LogP contribution is 2.33. The normalized spacial score (nSPS) is 23.8. The molecule has 1 aliphatic rings. The molecule has 0 aromatic heterocycles. The number of ether oxygens (including phenoxy) is 2. The smallest absolute Gasteiger partial charge is 0.343 e. The average molecular weight is 222 g/mol. The number of benzene rings is 1. The van der Waals surface area contributed by atoms with Crippen LogP contribution in [0.4, 0.5) is 0 Å². The second-order valence-corrected chi connectivity index (χ2v) is 3.72. The number of hydrogen-bond acceptors (Lipinski definition) is 3. The molecule has 1 atom stereocenters. The molecule has 0 saturated heterocycles. The second-order valence-electron chi connectivity index (χ2n) is 3.72. The number of carboxylic acids is 1. The molecule has 1 heterocycles. The summed E-state index contributed by atoms with van der Waals surface area (Å²) >= 11 is 0. The fourth-order valence-electron chi connectivity index (χ4n) is 2.03. The third kappa shape index (κ3) is 1.60. The number of fused-ring (bicyclic) bond motifs is 1. The number of hydrogen-bond donors (Lipinski definition) is 1. The van der Waals surface area contributed by atoms with Crippen LogP contribution in [0.5, 0.6) is 0 Å². The SMILES string of the molecule is CCOC1(C(=O)O)COCc2ccccc21. The zero-order valence-electron chi connectivity index (χ0n) is 9.10. The predicted octanol–water partition coefficient (Wildman–Crippen LogP) is 1.53. The maximum absolute atomic E-state index is 11.4. The van der Waals surface area contributed by atoms with E-state index in [0.29, 0.717) is 18.8 Å². The van der Waals surface area contributed by atoms with E-state index in [1.54, 1.807) is 13.0 Å². The van der Waals surface area contributed by atoms with Crippen LogP contribution in [0.1, 0.15) is 18.1 Å². The third-order valence-corrected chi connectivity index (χ3v) is 2.75. The summed E-state index contributed by atoms with van der Waals surface area (Å²) in [4.78, 5) is 11.4. The first-order valence-electron chi connectivity index (χ1n) is 5.24. The molecule has 0 spiro atoms. The van der Waals surface area contributed by atoms with E-state index in [9.17, 15) is 9.90 Å². The first-order valence-corrected chi connectivity index (χ1v) is 5.24. The highest BCUT2D eigenvalue weighted by molar-refractivity contribution is 5.80. The number of aliphatic carboxylic acids is 1. The Labute approximate surface area is 93.8 Å². The highest BCUT2D eigenvalue weighted by Gasteiger charge is 2.45. The van der Waals surface area contributed by atoms with Crippen LogP contribution >= 0.6 is 0 Å². The van der Waals surface area contributed by atoms with Gasteiger partial charge in [-0.25, -0.2) is 4.79 Å². The van der Waals surface area contributed by atoms with Crippen molar-refractivity contribution in [1.82, 2.24) is 0 Å². The van der Waals surface area contributed by atoms with Gasteiger partial charge in [-0.3, -0.25) is 0 Å². The maximum atomic E-state index is 11.4. The lowest BCUT2D eigenvalue weighted by molar-refractivity contribution is -0.181. The van der Waals surface area contributed by atoms with E-state index in [2.05, 4.69) is 0 Å². The van der Waals surface area contributed by atoms with Crippen molar-refractivity contribution in [2.24, 2.45) is 0 Å². The molecule has 4 heteroatoms. The zero-order chi connectivity index (χ0) is 11.6. The van der Waals surface area contributed by atoms with Gasteiger partial charge in [0.05, 0.1) is 13.2 Å². The van der Waals surface area contributed by atoms with Crippen LogP contribution in [0.3, 0.4) is 0 Å². The molecule has 1 unspecified atom stereocenters. The molecule has 0 fully saturated rings. The van der Waals surface area contributed by atoms with Crippen molar-refractivity contribution in [2.75, 3.05) is 13.2 Å². The van der Waals surface area contributed by atoms with Gasteiger partial charge < -0.3 is 14.6 Å². The van der Waals surface area contributed by atoms with Crippen molar-refractivity contribution in [3.05, 3.63) is 35.4 Å². The van der Waals surface area contributed by atoms with Gasteiger partial charge in [0, 0.05) is 12.2 Å². The van der Waals surface area contributed by atoms with Crippen molar-refractivity contribution in [3.8, 4) is 0 Å². The molecule has 1 aromatic rings. The lowest BCUT2D eigenvalue weighted by Crippen LogP contribution is -2.46. The second kappa shape index (κ2) is 4.23. The van der Waals surface area contributed by atoms with Gasteiger partial charge >= 0.3 is 5.97 Å². The fraction of sp³-hybridized carbons (Fsp3) is 0.417. The monoisotopic (exact) mass is 222 g/mol. The predicted molar refractivity (Wildman–Crippen MR) is 57.0 cm³/mol. The number of carbonyl (C=O) groups is 1. The van der Waals surface area contributed by atoms with Crippen molar-refractivity contribution >= 4 is 5.97 Å². The van der Waals surface area contributed by atoms with E-state index in [1.807, 2.05) is 18.2 Å². The minimum Gasteiger partial charge on any atom is -0.479 e. The molecule has 86 valence electrons. The Morgan fingerprint density at radius 3 is 3.00 bits per heavy atom. The quantitative estimate of drug-likeness (QED) is 0.842. The van der Waals surface area contributed by atoms with Crippen molar-refractivity contribution in [1.29, 1.82) is 0 Å². The van der Waals surface area contributed by atoms with E-state index < -0.39 is 11.6 Å². The molecule has 1 N–H and O–H groups in total. The van der Waals surface area contributed by atoms with Crippen molar-refractivity contribution in [3.63, 3.8) is 0 Å². The van der Waals surface area contributed by atoms with E-state index in [0.717, 1.165) is 5.56 Å². The van der Waals surface area contributed by atoms with Crippen LogP contribution in [0.25, 0.3) is 0 Å². The zero-order valence-corrected chi connectivity index (χ0v) is 9.10. The van der Waals surface area contributed by atoms with Crippen LogP contribution in [0, 0.1) is 0 Å². The fourth-order valence-corrected chi connectivity index (χ4v) is 2.03. The summed E-state index contributed by atoms with van der Waals surface area (Å²) in [7, 11) is 0. The van der Waals surface area contributed by atoms with Gasteiger partial charge in [-0.1, -0.05) is 24.3 Å². The lowest BCUT2D eigenvalue weighted by atomic mass is 9.88. The van der Waals surface area contributed by atoms with Gasteiger partial charge in [-0.15, -0.1) is 0 Å². The van der Waals surface area contributed by atoms with Crippen LogP contribution in [-0.4, -0.2) is 24.3 Å². The molecular formula is C12H14O4. The Bertz CT molecular complexity index is 402. The van der Waals surface area contributed by atoms with E-state index in [4.69, 9.17) is 9.47 Å². The van der Waals surface area contributed by atoms with Gasteiger partial charge in [0.2, 0.25) is 5.60 Å². The summed E-state index contributed by atoms with van der Waals surface area (Å²) < 4.78 is 10.8. The van der Waals surface area contributed by atoms with Gasteiger partial charge in [0.25, 0.3) is 0 Å². The van der Waals surface area contributed by atoms with Crippen LogP contribution in [-0.2, 0) is 26.5 Å². The topological polar surface area (TPSA) is 55.8 Å². The van der Waals surface area contributed by atoms with Gasteiger partial charge in [-0.2, -0.15) is 0 Å². The summed E-state index contributed by atoms with van der Waals surface area (Å²) in [5.74, 6) is -0.999. The molecule has 1 aromatic carbocycles. The summed E-state index contributed by atoms with van der Waals surface area (Å²) in [6, 6.07) is 7.35. The molecule has 1 aliphatic heterocycles.